The van der Waals surface area contributed by atoms with Crippen LogP contribution in [0.3, 0.4) is 0 Å². The fraction of sp³-hybridized carbons (Fsp3) is 0.105. The molecule has 3 rings (SSSR count). The van der Waals surface area contributed by atoms with Gasteiger partial charge in [-0.1, -0.05) is 24.3 Å². The number of hydrogen-bond donors (Lipinski definition) is 1. The largest absolute Gasteiger partial charge is 0.493 e. The molecule has 1 N–H and O–H groups in total. The highest BCUT2D eigenvalue weighted by molar-refractivity contribution is 5.76. The SMILES string of the molecule is COc1cc(/C=C/c2nc3ccccc3[nH]c2=O)ccc1OCC#N. The number of hydrogen-bond acceptors (Lipinski definition) is 5. The Hall–Kier alpha value is -3.59. The highest BCUT2D eigenvalue weighted by Gasteiger charge is 2.05. The van der Waals surface area contributed by atoms with Crippen LogP contribution in [0.15, 0.2) is 47.3 Å². The lowest BCUT2D eigenvalue weighted by atomic mass is 10.1. The second-order valence-corrected chi connectivity index (χ2v) is 5.16. The Morgan fingerprint density at radius 2 is 2.04 bits per heavy atom. The van der Waals surface area contributed by atoms with E-state index in [-0.39, 0.29) is 12.2 Å². The van der Waals surface area contributed by atoms with Crippen molar-refractivity contribution < 1.29 is 9.47 Å². The van der Waals surface area contributed by atoms with Crippen LogP contribution in [-0.2, 0) is 0 Å². The van der Waals surface area contributed by atoms with Crippen molar-refractivity contribution in [1.82, 2.24) is 9.97 Å². The van der Waals surface area contributed by atoms with Crippen LogP contribution in [0, 0.1) is 11.3 Å². The van der Waals surface area contributed by atoms with Gasteiger partial charge in [0.1, 0.15) is 11.8 Å². The van der Waals surface area contributed by atoms with Crippen molar-refractivity contribution in [3.05, 3.63) is 64.1 Å². The van der Waals surface area contributed by atoms with Gasteiger partial charge in [0.05, 0.1) is 18.1 Å². The van der Waals surface area contributed by atoms with Gasteiger partial charge in [-0.25, -0.2) is 4.98 Å². The highest BCUT2D eigenvalue weighted by Crippen LogP contribution is 2.28. The molecule has 0 aliphatic rings. The molecule has 0 saturated heterocycles. The molecule has 1 aromatic heterocycles. The minimum atomic E-state index is -0.254. The third kappa shape index (κ3) is 3.67. The van der Waals surface area contributed by atoms with E-state index in [1.807, 2.05) is 30.3 Å². The number of rotatable bonds is 5. The van der Waals surface area contributed by atoms with E-state index in [1.165, 1.54) is 7.11 Å². The molecule has 0 aliphatic carbocycles. The number of aromatic nitrogens is 2. The van der Waals surface area contributed by atoms with E-state index in [0.29, 0.717) is 22.7 Å². The van der Waals surface area contributed by atoms with E-state index in [1.54, 1.807) is 30.4 Å². The van der Waals surface area contributed by atoms with E-state index in [2.05, 4.69) is 9.97 Å². The third-order valence-corrected chi connectivity index (χ3v) is 3.54. The molecule has 0 aliphatic heterocycles. The van der Waals surface area contributed by atoms with Gasteiger partial charge in [0.2, 0.25) is 0 Å². The number of para-hydroxylation sites is 2. The molecule has 2 aromatic carbocycles. The molecule has 0 amide bonds. The first kappa shape index (κ1) is 16.3. The first-order valence-electron chi connectivity index (χ1n) is 7.56. The van der Waals surface area contributed by atoms with E-state index >= 15 is 0 Å². The quantitative estimate of drug-likeness (QED) is 0.775. The van der Waals surface area contributed by atoms with Crippen LogP contribution in [0.2, 0.25) is 0 Å². The van der Waals surface area contributed by atoms with Crippen molar-refractivity contribution in [2.75, 3.05) is 13.7 Å². The molecule has 0 saturated carbocycles. The Balaban J connectivity index is 1.90. The summed E-state index contributed by atoms with van der Waals surface area (Å²) < 4.78 is 10.5. The Morgan fingerprint density at radius 1 is 1.20 bits per heavy atom. The van der Waals surface area contributed by atoms with Gasteiger partial charge in [0.25, 0.3) is 5.56 Å². The number of ether oxygens (including phenoxy) is 2. The Morgan fingerprint density at radius 3 is 2.84 bits per heavy atom. The number of nitrogens with one attached hydrogen (secondary N) is 1. The topological polar surface area (TPSA) is 88.0 Å². The Bertz CT molecular complexity index is 1030. The zero-order valence-corrected chi connectivity index (χ0v) is 13.5. The molecule has 6 heteroatoms. The lowest BCUT2D eigenvalue weighted by Crippen LogP contribution is -2.11. The van der Waals surface area contributed by atoms with Crippen molar-refractivity contribution in [1.29, 1.82) is 5.26 Å². The first-order chi connectivity index (χ1) is 12.2. The molecule has 25 heavy (non-hydrogen) atoms. The number of methoxy groups -OCH3 is 1. The van der Waals surface area contributed by atoms with Crippen LogP contribution in [0.25, 0.3) is 23.2 Å². The summed E-state index contributed by atoms with van der Waals surface area (Å²) in [6.45, 7) is -0.0536. The standard InChI is InChI=1S/C19H15N3O3/c1-24-18-12-13(7-9-17(18)25-11-10-20)6-8-16-19(23)22-15-5-3-2-4-14(15)21-16/h2-9,12H,11H2,1H3,(H,22,23)/b8-6+. The normalized spacial score (nSPS) is 10.7. The van der Waals surface area contributed by atoms with Crippen LogP contribution in [-0.4, -0.2) is 23.7 Å². The minimum Gasteiger partial charge on any atom is -0.493 e. The number of fused-ring (bicyclic) bond motifs is 1. The van der Waals surface area contributed by atoms with Crippen LogP contribution >= 0.6 is 0 Å². The van der Waals surface area contributed by atoms with Crippen LogP contribution in [0.4, 0.5) is 0 Å². The van der Waals surface area contributed by atoms with Crippen molar-refractivity contribution >= 4 is 23.2 Å². The smallest absolute Gasteiger partial charge is 0.274 e. The average molecular weight is 333 g/mol. The van der Waals surface area contributed by atoms with Crippen molar-refractivity contribution in [2.45, 2.75) is 0 Å². The number of aromatic amines is 1. The van der Waals surface area contributed by atoms with E-state index in [9.17, 15) is 4.79 Å². The van der Waals surface area contributed by atoms with E-state index in [4.69, 9.17) is 14.7 Å². The highest BCUT2D eigenvalue weighted by atomic mass is 16.5. The lowest BCUT2D eigenvalue weighted by Gasteiger charge is -2.08. The number of nitriles is 1. The molecule has 0 spiro atoms. The molecule has 124 valence electrons. The molecule has 6 nitrogen and oxygen atoms in total. The average Bonchev–Trinajstić information content (AvgIpc) is 2.64. The first-order valence-corrected chi connectivity index (χ1v) is 7.56. The fourth-order valence-corrected chi connectivity index (χ4v) is 2.35. The molecular formula is C19H15N3O3. The monoisotopic (exact) mass is 333 g/mol. The predicted molar refractivity (Wildman–Crippen MR) is 95.4 cm³/mol. The van der Waals surface area contributed by atoms with Crippen LogP contribution in [0.1, 0.15) is 11.3 Å². The van der Waals surface area contributed by atoms with Gasteiger partial charge in [-0.05, 0) is 35.9 Å². The van der Waals surface area contributed by atoms with Gasteiger partial charge in [-0.2, -0.15) is 5.26 Å². The van der Waals surface area contributed by atoms with Gasteiger partial charge in [-0.3, -0.25) is 4.79 Å². The summed E-state index contributed by atoms with van der Waals surface area (Å²) in [6.07, 6.45) is 3.42. The lowest BCUT2D eigenvalue weighted by molar-refractivity contribution is 0.329. The second-order valence-electron chi connectivity index (χ2n) is 5.16. The Labute approximate surface area is 144 Å². The van der Waals surface area contributed by atoms with Gasteiger partial charge in [-0.15, -0.1) is 0 Å². The summed E-state index contributed by atoms with van der Waals surface area (Å²) >= 11 is 0. The Kier molecular flexibility index (Phi) is 4.77. The van der Waals surface area contributed by atoms with E-state index in [0.717, 1.165) is 11.1 Å². The number of H-pyrrole nitrogens is 1. The van der Waals surface area contributed by atoms with E-state index < -0.39 is 0 Å². The maximum absolute atomic E-state index is 12.1. The maximum atomic E-state index is 12.1. The van der Waals surface area contributed by atoms with Crippen molar-refractivity contribution in [3.63, 3.8) is 0 Å². The molecule has 0 atom stereocenters. The zero-order valence-electron chi connectivity index (χ0n) is 13.5. The summed E-state index contributed by atoms with van der Waals surface area (Å²) in [7, 11) is 1.53. The molecule has 0 bridgehead atoms. The molecule has 1 heterocycles. The maximum Gasteiger partial charge on any atom is 0.274 e. The molecule has 3 aromatic rings. The van der Waals surface area contributed by atoms with Crippen LogP contribution in [0.5, 0.6) is 11.5 Å². The second kappa shape index (κ2) is 7.32. The summed E-state index contributed by atoms with van der Waals surface area (Å²) in [5, 5.41) is 8.59. The molecular weight excluding hydrogens is 318 g/mol. The number of nitrogens with zero attached hydrogens (tertiary/aromatic N) is 2. The summed E-state index contributed by atoms with van der Waals surface area (Å²) in [4.78, 5) is 19.3. The molecule has 0 radical (unpaired) electrons. The van der Waals surface area contributed by atoms with Gasteiger partial charge in [0.15, 0.2) is 18.1 Å². The van der Waals surface area contributed by atoms with Gasteiger partial charge in [0, 0.05) is 0 Å². The third-order valence-electron chi connectivity index (χ3n) is 3.54. The minimum absolute atomic E-state index is 0.0536. The summed E-state index contributed by atoms with van der Waals surface area (Å²) in [6, 6.07) is 14.6. The fourth-order valence-electron chi connectivity index (χ4n) is 2.35. The van der Waals surface area contributed by atoms with Gasteiger partial charge >= 0.3 is 0 Å². The van der Waals surface area contributed by atoms with Gasteiger partial charge < -0.3 is 14.5 Å². The van der Waals surface area contributed by atoms with Crippen molar-refractivity contribution in [2.24, 2.45) is 0 Å². The molecule has 0 unspecified atom stereocenters. The molecule has 0 fully saturated rings. The van der Waals surface area contributed by atoms with Crippen molar-refractivity contribution in [3.8, 4) is 17.6 Å². The zero-order chi connectivity index (χ0) is 17.6. The van der Waals surface area contributed by atoms with Crippen LogP contribution < -0.4 is 15.0 Å². The predicted octanol–water partition coefficient (Wildman–Crippen LogP) is 3.00. The number of benzene rings is 2. The summed E-state index contributed by atoms with van der Waals surface area (Å²) in [5.41, 5.74) is 2.30. The summed E-state index contributed by atoms with van der Waals surface area (Å²) in [5.74, 6) is 1.00.